The molecule has 0 radical (unpaired) electrons. The number of esters is 1. The van der Waals surface area contributed by atoms with Crippen molar-refractivity contribution in [1.29, 1.82) is 0 Å². The molecule has 0 aromatic heterocycles. The fraction of sp³-hybridized carbons (Fsp3) is 0.750. The molecule has 1 saturated carbocycles. The average molecular weight is 264 g/mol. The smallest absolute Gasteiger partial charge is 0.384 e. The number of carbonyl (C=O) groups excluding carboxylic acids is 2. The fourth-order valence-electron chi connectivity index (χ4n) is 2.54. The van der Waals surface area contributed by atoms with E-state index in [2.05, 4.69) is 18.8 Å². The van der Waals surface area contributed by atoms with Gasteiger partial charge in [0.05, 0.1) is 6.61 Å². The zero-order valence-corrected chi connectivity index (χ0v) is 12.1. The molecule has 0 heterocycles. The van der Waals surface area contributed by atoms with E-state index in [-0.39, 0.29) is 5.41 Å². The standard InChI is InChI=1S/C16H24O3/c1-3-19-15(18)11-6-4-5-8-12-16(2)13-9-7-10-14(16)17/h3-5,7-10,12-13H2,1-2H3/t16-/m1/s1. The van der Waals surface area contributed by atoms with Gasteiger partial charge in [-0.1, -0.05) is 25.7 Å². The van der Waals surface area contributed by atoms with E-state index < -0.39 is 5.97 Å². The van der Waals surface area contributed by atoms with Crippen LogP contribution in [0, 0.1) is 17.3 Å². The molecule has 1 atom stereocenters. The van der Waals surface area contributed by atoms with Crippen LogP contribution in [0.15, 0.2) is 0 Å². The van der Waals surface area contributed by atoms with Gasteiger partial charge in [0.25, 0.3) is 0 Å². The van der Waals surface area contributed by atoms with Crippen LogP contribution in [0.4, 0.5) is 0 Å². The molecule has 106 valence electrons. The summed E-state index contributed by atoms with van der Waals surface area (Å²) in [6, 6.07) is 0. The van der Waals surface area contributed by atoms with E-state index in [0.29, 0.717) is 18.8 Å². The van der Waals surface area contributed by atoms with Crippen molar-refractivity contribution in [2.75, 3.05) is 6.61 Å². The van der Waals surface area contributed by atoms with Gasteiger partial charge in [-0.3, -0.25) is 4.79 Å². The monoisotopic (exact) mass is 264 g/mol. The molecule has 0 bridgehead atoms. The maximum absolute atomic E-state index is 11.9. The Kier molecular flexibility index (Phi) is 6.62. The molecule has 1 aliphatic rings. The van der Waals surface area contributed by atoms with E-state index in [0.717, 1.165) is 38.5 Å². The lowest BCUT2D eigenvalue weighted by Crippen LogP contribution is -2.30. The molecule has 19 heavy (non-hydrogen) atoms. The highest BCUT2D eigenvalue weighted by Gasteiger charge is 2.33. The van der Waals surface area contributed by atoms with E-state index in [1.165, 1.54) is 6.42 Å². The Morgan fingerprint density at radius 2 is 2.16 bits per heavy atom. The summed E-state index contributed by atoms with van der Waals surface area (Å²) in [4.78, 5) is 22.9. The molecule has 0 spiro atoms. The summed E-state index contributed by atoms with van der Waals surface area (Å²) in [7, 11) is 0. The molecule has 1 aliphatic carbocycles. The fourth-order valence-corrected chi connectivity index (χ4v) is 2.54. The third-order valence-electron chi connectivity index (χ3n) is 3.80. The minimum absolute atomic E-state index is 0.104. The molecule has 0 aromatic carbocycles. The Bertz CT molecular complexity index is 375. The summed E-state index contributed by atoms with van der Waals surface area (Å²) in [5.74, 6) is 5.26. The highest BCUT2D eigenvalue weighted by Crippen LogP contribution is 2.37. The second-order valence-corrected chi connectivity index (χ2v) is 5.42. The van der Waals surface area contributed by atoms with E-state index >= 15 is 0 Å². The van der Waals surface area contributed by atoms with Gasteiger partial charge in [0.15, 0.2) is 0 Å². The van der Waals surface area contributed by atoms with E-state index in [4.69, 9.17) is 4.74 Å². The lowest BCUT2D eigenvalue weighted by molar-refractivity contribution is -0.136. The second kappa shape index (κ2) is 7.99. The molecule has 0 amide bonds. The van der Waals surface area contributed by atoms with Crippen LogP contribution >= 0.6 is 0 Å². The SMILES string of the molecule is CCOC(=O)C#CCCCC[C@]1(C)CCCCC1=O. The van der Waals surface area contributed by atoms with Crippen molar-refractivity contribution < 1.29 is 14.3 Å². The normalized spacial score (nSPS) is 22.5. The topological polar surface area (TPSA) is 43.4 Å². The van der Waals surface area contributed by atoms with Crippen LogP contribution in [-0.2, 0) is 14.3 Å². The van der Waals surface area contributed by atoms with E-state index in [9.17, 15) is 9.59 Å². The van der Waals surface area contributed by atoms with Crippen LogP contribution in [-0.4, -0.2) is 18.4 Å². The zero-order chi connectivity index (χ0) is 14.1. The van der Waals surface area contributed by atoms with Crippen molar-refractivity contribution in [1.82, 2.24) is 0 Å². The zero-order valence-electron chi connectivity index (χ0n) is 12.1. The first-order valence-electron chi connectivity index (χ1n) is 7.27. The molecule has 0 N–H and O–H groups in total. The number of unbranched alkanes of at least 4 members (excludes halogenated alkanes) is 2. The summed E-state index contributed by atoms with van der Waals surface area (Å²) in [6.07, 6.45) is 7.59. The van der Waals surface area contributed by atoms with E-state index in [1.54, 1.807) is 6.92 Å². The molecule has 3 nitrogen and oxygen atoms in total. The Morgan fingerprint density at radius 1 is 1.37 bits per heavy atom. The van der Waals surface area contributed by atoms with Crippen molar-refractivity contribution in [2.45, 2.75) is 65.2 Å². The molecule has 1 rings (SSSR count). The lowest BCUT2D eigenvalue weighted by atomic mass is 9.71. The van der Waals surface area contributed by atoms with Crippen molar-refractivity contribution in [3.05, 3.63) is 0 Å². The number of hydrogen-bond donors (Lipinski definition) is 0. The maximum Gasteiger partial charge on any atom is 0.384 e. The highest BCUT2D eigenvalue weighted by molar-refractivity contribution is 5.88. The number of Topliss-reactive ketones (excluding diaryl/α,β-unsaturated/α-hetero) is 1. The van der Waals surface area contributed by atoms with Crippen molar-refractivity contribution in [3.63, 3.8) is 0 Å². The van der Waals surface area contributed by atoms with Gasteiger partial charge in [0.1, 0.15) is 5.78 Å². The van der Waals surface area contributed by atoms with Crippen LogP contribution in [0.3, 0.4) is 0 Å². The first kappa shape index (κ1) is 15.8. The Balaban J connectivity index is 2.20. The van der Waals surface area contributed by atoms with Gasteiger partial charge < -0.3 is 4.74 Å². The van der Waals surface area contributed by atoms with Crippen molar-refractivity contribution in [2.24, 2.45) is 5.41 Å². The van der Waals surface area contributed by atoms with Crippen LogP contribution < -0.4 is 0 Å². The minimum Gasteiger partial charge on any atom is -0.456 e. The molecule has 0 unspecified atom stereocenters. The molecular weight excluding hydrogens is 240 g/mol. The summed E-state index contributed by atoms with van der Waals surface area (Å²) < 4.78 is 4.72. The van der Waals surface area contributed by atoms with Crippen LogP contribution in [0.5, 0.6) is 0 Å². The Morgan fingerprint density at radius 3 is 2.84 bits per heavy atom. The van der Waals surface area contributed by atoms with Gasteiger partial charge in [0.2, 0.25) is 0 Å². The van der Waals surface area contributed by atoms with Crippen LogP contribution in [0.2, 0.25) is 0 Å². The van der Waals surface area contributed by atoms with Crippen LogP contribution in [0.25, 0.3) is 0 Å². The van der Waals surface area contributed by atoms with Gasteiger partial charge >= 0.3 is 5.97 Å². The third-order valence-corrected chi connectivity index (χ3v) is 3.80. The van der Waals surface area contributed by atoms with Gasteiger partial charge in [-0.15, -0.1) is 0 Å². The number of rotatable bonds is 5. The van der Waals surface area contributed by atoms with E-state index in [1.807, 2.05) is 0 Å². The number of hydrogen-bond acceptors (Lipinski definition) is 3. The summed E-state index contributed by atoms with van der Waals surface area (Å²) in [5.41, 5.74) is -0.104. The number of carbonyl (C=O) groups is 2. The first-order valence-corrected chi connectivity index (χ1v) is 7.27. The molecule has 0 aromatic rings. The molecule has 0 aliphatic heterocycles. The minimum atomic E-state index is -0.447. The van der Waals surface area contributed by atoms with Crippen molar-refractivity contribution >= 4 is 11.8 Å². The van der Waals surface area contributed by atoms with Crippen molar-refractivity contribution in [3.8, 4) is 11.8 Å². The molecule has 1 fully saturated rings. The van der Waals surface area contributed by atoms with Gasteiger partial charge in [-0.05, 0) is 32.6 Å². The quantitative estimate of drug-likeness (QED) is 0.331. The van der Waals surface area contributed by atoms with Gasteiger partial charge in [-0.25, -0.2) is 4.79 Å². The molecular formula is C16H24O3. The van der Waals surface area contributed by atoms with Crippen LogP contribution in [0.1, 0.15) is 65.2 Å². The van der Waals surface area contributed by atoms with Gasteiger partial charge in [0, 0.05) is 24.2 Å². The number of ether oxygens (including phenoxy) is 1. The van der Waals surface area contributed by atoms with Gasteiger partial charge in [-0.2, -0.15) is 0 Å². The lowest BCUT2D eigenvalue weighted by Gasteiger charge is -2.31. The Hall–Kier alpha value is -1.30. The summed E-state index contributed by atoms with van der Waals surface area (Å²) in [6.45, 7) is 4.23. The third kappa shape index (κ3) is 5.46. The predicted octanol–water partition coefficient (Wildman–Crippen LogP) is 3.26. The highest BCUT2D eigenvalue weighted by atomic mass is 16.5. The average Bonchev–Trinajstić information content (AvgIpc) is 2.38. The molecule has 3 heteroatoms. The number of ketones is 1. The molecule has 0 saturated heterocycles. The second-order valence-electron chi connectivity index (χ2n) is 5.42. The predicted molar refractivity (Wildman–Crippen MR) is 74.5 cm³/mol. The summed E-state index contributed by atoms with van der Waals surface area (Å²) in [5, 5.41) is 0. The summed E-state index contributed by atoms with van der Waals surface area (Å²) >= 11 is 0. The maximum atomic E-state index is 11.9. The first-order chi connectivity index (χ1) is 9.08. The Labute approximate surface area is 116 Å². The largest absolute Gasteiger partial charge is 0.456 e.